The highest BCUT2D eigenvalue weighted by atomic mass is 32.1. The Balaban J connectivity index is 1.71. The van der Waals surface area contributed by atoms with Crippen LogP contribution in [0.5, 0.6) is 0 Å². The molecular formula is C16H25NOS. The van der Waals surface area contributed by atoms with Crippen molar-refractivity contribution >= 4 is 11.3 Å². The minimum Gasteiger partial charge on any atom is -0.377 e. The summed E-state index contributed by atoms with van der Waals surface area (Å²) in [6.07, 6.45) is 4.18. The molecule has 1 aliphatic heterocycles. The van der Waals surface area contributed by atoms with Gasteiger partial charge in [0.15, 0.2) is 0 Å². The molecule has 2 fully saturated rings. The van der Waals surface area contributed by atoms with E-state index >= 15 is 0 Å². The first kappa shape index (κ1) is 13.6. The van der Waals surface area contributed by atoms with Crippen LogP contribution >= 0.6 is 11.3 Å². The van der Waals surface area contributed by atoms with E-state index in [0.29, 0.717) is 18.2 Å². The van der Waals surface area contributed by atoms with Gasteiger partial charge in [-0.3, -0.25) is 0 Å². The molecule has 0 bridgehead atoms. The first-order valence-corrected chi connectivity index (χ1v) is 8.43. The van der Waals surface area contributed by atoms with Gasteiger partial charge in [-0.25, -0.2) is 0 Å². The zero-order valence-electron chi connectivity index (χ0n) is 12.2. The van der Waals surface area contributed by atoms with Crippen molar-refractivity contribution in [2.45, 2.75) is 58.2 Å². The van der Waals surface area contributed by atoms with Gasteiger partial charge in [-0.1, -0.05) is 26.8 Å². The average Bonchev–Trinajstić information content (AvgIpc) is 2.93. The van der Waals surface area contributed by atoms with Gasteiger partial charge in [-0.05, 0) is 30.7 Å². The van der Waals surface area contributed by atoms with Gasteiger partial charge in [0.1, 0.15) is 0 Å². The Morgan fingerprint density at radius 2 is 2.37 bits per heavy atom. The standard InChI is InChI=1S/C16H25NOS/c1-4-12(13-8-6-10-19-13)17-14-11-7-5-9-18-15(11)16(14,2)3/h6,8,10-12,14-15,17H,4-5,7,9H2,1-3H3. The van der Waals surface area contributed by atoms with Gasteiger partial charge in [0, 0.05) is 34.9 Å². The van der Waals surface area contributed by atoms with Crippen molar-refractivity contribution in [2.75, 3.05) is 6.61 Å². The molecule has 2 nitrogen and oxygen atoms in total. The maximum atomic E-state index is 5.99. The molecular weight excluding hydrogens is 254 g/mol. The Morgan fingerprint density at radius 1 is 1.53 bits per heavy atom. The van der Waals surface area contributed by atoms with E-state index in [1.807, 2.05) is 11.3 Å². The molecule has 1 aromatic rings. The van der Waals surface area contributed by atoms with Crippen molar-refractivity contribution in [2.24, 2.45) is 11.3 Å². The molecule has 4 unspecified atom stereocenters. The summed E-state index contributed by atoms with van der Waals surface area (Å²) in [4.78, 5) is 1.47. The Morgan fingerprint density at radius 3 is 3.05 bits per heavy atom. The molecule has 1 aromatic heterocycles. The van der Waals surface area contributed by atoms with Gasteiger partial charge < -0.3 is 10.1 Å². The van der Waals surface area contributed by atoms with Crippen LogP contribution in [0.2, 0.25) is 0 Å². The van der Waals surface area contributed by atoms with E-state index in [4.69, 9.17) is 4.74 Å². The number of thiophene rings is 1. The Labute approximate surface area is 120 Å². The van der Waals surface area contributed by atoms with Gasteiger partial charge in [-0.15, -0.1) is 11.3 Å². The lowest BCUT2D eigenvalue weighted by molar-refractivity contribution is -0.194. The van der Waals surface area contributed by atoms with Crippen LogP contribution in [0.4, 0.5) is 0 Å². The maximum Gasteiger partial charge on any atom is 0.0684 e. The molecule has 1 saturated carbocycles. The van der Waals surface area contributed by atoms with Gasteiger partial charge in [0.2, 0.25) is 0 Å². The summed E-state index contributed by atoms with van der Waals surface area (Å²) in [5, 5.41) is 6.10. The topological polar surface area (TPSA) is 21.3 Å². The van der Waals surface area contributed by atoms with E-state index in [-0.39, 0.29) is 5.41 Å². The molecule has 2 heterocycles. The predicted molar refractivity (Wildman–Crippen MR) is 80.5 cm³/mol. The number of nitrogens with one attached hydrogen (secondary N) is 1. The monoisotopic (exact) mass is 279 g/mol. The smallest absolute Gasteiger partial charge is 0.0684 e. The van der Waals surface area contributed by atoms with Crippen LogP contribution in [0, 0.1) is 11.3 Å². The highest BCUT2D eigenvalue weighted by molar-refractivity contribution is 7.10. The van der Waals surface area contributed by atoms with Crippen molar-refractivity contribution < 1.29 is 4.74 Å². The predicted octanol–water partition coefficient (Wildman–Crippen LogP) is 3.99. The van der Waals surface area contributed by atoms with E-state index in [1.165, 1.54) is 17.7 Å². The zero-order valence-corrected chi connectivity index (χ0v) is 13.0. The highest BCUT2D eigenvalue weighted by Crippen LogP contribution is 2.52. The van der Waals surface area contributed by atoms with E-state index in [2.05, 4.69) is 43.6 Å². The highest BCUT2D eigenvalue weighted by Gasteiger charge is 2.58. The second-order valence-electron chi connectivity index (χ2n) is 6.54. The van der Waals surface area contributed by atoms with Gasteiger partial charge in [-0.2, -0.15) is 0 Å². The first-order chi connectivity index (χ1) is 9.14. The molecule has 106 valence electrons. The van der Waals surface area contributed by atoms with Crippen LogP contribution in [-0.4, -0.2) is 18.8 Å². The lowest BCUT2D eigenvalue weighted by atomic mass is 9.55. The lowest BCUT2D eigenvalue weighted by Crippen LogP contribution is -2.69. The van der Waals surface area contributed by atoms with Crippen LogP contribution in [0.3, 0.4) is 0 Å². The molecule has 1 N–H and O–H groups in total. The van der Waals surface area contributed by atoms with Crippen LogP contribution in [-0.2, 0) is 4.74 Å². The third-order valence-electron chi connectivity index (χ3n) is 5.01. The van der Waals surface area contributed by atoms with Gasteiger partial charge in [0.25, 0.3) is 0 Å². The normalized spacial score (nSPS) is 34.4. The van der Waals surface area contributed by atoms with Crippen molar-refractivity contribution in [1.29, 1.82) is 0 Å². The van der Waals surface area contributed by atoms with Crippen LogP contribution in [0.1, 0.15) is 51.0 Å². The first-order valence-electron chi connectivity index (χ1n) is 7.55. The van der Waals surface area contributed by atoms with Crippen molar-refractivity contribution in [3.8, 4) is 0 Å². The average molecular weight is 279 g/mol. The van der Waals surface area contributed by atoms with Crippen molar-refractivity contribution in [1.82, 2.24) is 5.32 Å². The maximum absolute atomic E-state index is 5.99. The summed E-state index contributed by atoms with van der Waals surface area (Å²) >= 11 is 1.87. The summed E-state index contributed by atoms with van der Waals surface area (Å²) in [7, 11) is 0. The molecule has 1 aliphatic carbocycles. The van der Waals surface area contributed by atoms with E-state index in [1.54, 1.807) is 0 Å². The SMILES string of the molecule is CCC(NC1C2CCCOC2C1(C)C)c1cccs1. The second-order valence-corrected chi connectivity index (χ2v) is 7.52. The fourth-order valence-electron chi connectivity index (χ4n) is 3.97. The lowest BCUT2D eigenvalue weighted by Gasteiger charge is -2.60. The van der Waals surface area contributed by atoms with Crippen LogP contribution in [0.25, 0.3) is 0 Å². The molecule has 1 saturated heterocycles. The van der Waals surface area contributed by atoms with Crippen LogP contribution in [0.15, 0.2) is 17.5 Å². The summed E-state index contributed by atoms with van der Waals surface area (Å²) in [5.74, 6) is 0.720. The van der Waals surface area contributed by atoms with Crippen molar-refractivity contribution in [3.05, 3.63) is 22.4 Å². The van der Waals surface area contributed by atoms with Gasteiger partial charge >= 0.3 is 0 Å². The molecule has 2 aliphatic rings. The number of fused-ring (bicyclic) bond motifs is 1. The summed E-state index contributed by atoms with van der Waals surface area (Å²) in [6, 6.07) is 5.52. The Kier molecular flexibility index (Phi) is 3.71. The quantitative estimate of drug-likeness (QED) is 0.899. The fraction of sp³-hybridized carbons (Fsp3) is 0.750. The molecule has 0 spiro atoms. The van der Waals surface area contributed by atoms with Crippen molar-refractivity contribution in [3.63, 3.8) is 0 Å². The minimum absolute atomic E-state index is 0.274. The molecule has 0 amide bonds. The number of rotatable bonds is 4. The largest absolute Gasteiger partial charge is 0.377 e. The molecule has 0 radical (unpaired) electrons. The van der Waals surface area contributed by atoms with E-state index in [9.17, 15) is 0 Å². The third-order valence-corrected chi connectivity index (χ3v) is 5.99. The molecule has 3 heteroatoms. The molecule has 0 aromatic carbocycles. The summed E-state index contributed by atoms with van der Waals surface area (Å²) in [6.45, 7) is 7.95. The fourth-order valence-corrected chi connectivity index (χ4v) is 4.84. The van der Waals surface area contributed by atoms with E-state index < -0.39 is 0 Å². The number of hydrogen-bond acceptors (Lipinski definition) is 3. The Hall–Kier alpha value is -0.380. The second kappa shape index (κ2) is 5.19. The van der Waals surface area contributed by atoms with Gasteiger partial charge in [0.05, 0.1) is 6.10 Å². The Bertz CT molecular complexity index is 414. The molecule has 3 rings (SSSR count). The summed E-state index contributed by atoms with van der Waals surface area (Å²) in [5.41, 5.74) is 0.274. The minimum atomic E-state index is 0.274. The van der Waals surface area contributed by atoms with E-state index in [0.717, 1.165) is 18.9 Å². The zero-order chi connectivity index (χ0) is 13.5. The number of hydrogen-bond donors (Lipinski definition) is 1. The molecule has 4 atom stereocenters. The third kappa shape index (κ3) is 2.26. The van der Waals surface area contributed by atoms with Crippen LogP contribution < -0.4 is 5.32 Å². The number of ether oxygens (including phenoxy) is 1. The molecule has 19 heavy (non-hydrogen) atoms. The summed E-state index contributed by atoms with van der Waals surface area (Å²) < 4.78 is 5.99.